The van der Waals surface area contributed by atoms with Crippen molar-refractivity contribution in [2.75, 3.05) is 6.54 Å². The van der Waals surface area contributed by atoms with Crippen LogP contribution in [0.25, 0.3) is 0 Å². The van der Waals surface area contributed by atoms with E-state index in [-0.39, 0.29) is 6.04 Å². The molecule has 0 amide bonds. The quantitative estimate of drug-likeness (QED) is 0.837. The highest BCUT2D eigenvalue weighted by Gasteiger charge is 2.16. The van der Waals surface area contributed by atoms with E-state index in [1.807, 2.05) is 0 Å². The Bertz CT molecular complexity index is 421. The van der Waals surface area contributed by atoms with Gasteiger partial charge in [0.25, 0.3) is 0 Å². The number of hydrogen-bond acceptors (Lipinski definition) is 4. The number of aromatic nitrogens is 3. The van der Waals surface area contributed by atoms with Crippen molar-refractivity contribution in [2.24, 2.45) is 0 Å². The molecule has 1 unspecified atom stereocenters. The summed E-state index contributed by atoms with van der Waals surface area (Å²) in [6, 6.07) is 2.36. The molecule has 0 bridgehead atoms. The van der Waals surface area contributed by atoms with Crippen molar-refractivity contribution < 1.29 is 0 Å². The Kier molecular flexibility index (Phi) is 3.69. The fourth-order valence-corrected chi connectivity index (χ4v) is 2.38. The number of H-pyrrole nitrogens is 1. The van der Waals surface area contributed by atoms with Crippen molar-refractivity contribution in [3.05, 3.63) is 33.8 Å². The lowest BCUT2D eigenvalue weighted by molar-refractivity contribution is 0.586. The molecule has 5 heteroatoms. The molecule has 0 aliphatic rings. The summed E-state index contributed by atoms with van der Waals surface area (Å²) < 4.78 is 0. The van der Waals surface area contributed by atoms with Gasteiger partial charge in [-0.15, -0.1) is 11.3 Å². The van der Waals surface area contributed by atoms with Crippen LogP contribution in [0.4, 0.5) is 0 Å². The van der Waals surface area contributed by atoms with Crippen LogP contribution in [-0.2, 0) is 0 Å². The van der Waals surface area contributed by atoms with Crippen molar-refractivity contribution in [3.63, 3.8) is 0 Å². The molecule has 1 atom stereocenters. The van der Waals surface area contributed by atoms with E-state index in [1.165, 1.54) is 10.4 Å². The van der Waals surface area contributed by atoms with Gasteiger partial charge in [-0.1, -0.05) is 6.92 Å². The molecule has 86 valence electrons. The topological polar surface area (TPSA) is 53.6 Å². The summed E-state index contributed by atoms with van der Waals surface area (Å²) >= 11 is 1.77. The molecular formula is C11H16N4S. The van der Waals surface area contributed by atoms with E-state index < -0.39 is 0 Å². The first-order chi connectivity index (χ1) is 7.81. The fourth-order valence-electron chi connectivity index (χ4n) is 1.65. The molecule has 2 heterocycles. The molecule has 0 radical (unpaired) electrons. The van der Waals surface area contributed by atoms with Gasteiger partial charge in [0.15, 0.2) is 0 Å². The molecule has 0 aliphatic carbocycles. The molecule has 2 aromatic rings. The van der Waals surface area contributed by atoms with E-state index in [4.69, 9.17) is 0 Å². The number of rotatable bonds is 5. The molecule has 0 fully saturated rings. The number of nitrogens with zero attached hydrogens (tertiary/aromatic N) is 2. The van der Waals surface area contributed by atoms with Gasteiger partial charge in [0, 0.05) is 4.88 Å². The summed E-state index contributed by atoms with van der Waals surface area (Å²) in [6.45, 7) is 5.26. The lowest BCUT2D eigenvalue weighted by Crippen LogP contribution is -2.23. The summed E-state index contributed by atoms with van der Waals surface area (Å²) in [7, 11) is 0. The summed E-state index contributed by atoms with van der Waals surface area (Å²) in [5.41, 5.74) is 2.22. The smallest absolute Gasteiger partial charge is 0.104 e. The van der Waals surface area contributed by atoms with Gasteiger partial charge >= 0.3 is 0 Å². The zero-order valence-electron chi connectivity index (χ0n) is 9.53. The first-order valence-corrected chi connectivity index (χ1v) is 6.33. The average molecular weight is 236 g/mol. The second-order valence-corrected chi connectivity index (χ2v) is 4.89. The molecule has 2 rings (SSSR count). The fraction of sp³-hybridized carbons (Fsp3) is 0.455. The predicted molar refractivity (Wildman–Crippen MR) is 65.6 cm³/mol. The summed E-state index contributed by atoms with van der Waals surface area (Å²) in [6.07, 6.45) is 2.89. The Morgan fingerprint density at radius 1 is 1.56 bits per heavy atom. The maximum atomic E-state index is 4.16. The highest BCUT2D eigenvalue weighted by Crippen LogP contribution is 2.24. The molecule has 4 nitrogen and oxygen atoms in total. The summed E-state index contributed by atoms with van der Waals surface area (Å²) in [5.74, 6) is 0. The van der Waals surface area contributed by atoms with Crippen LogP contribution in [0.5, 0.6) is 0 Å². The minimum Gasteiger partial charge on any atom is -0.305 e. The number of nitrogens with one attached hydrogen (secondary N) is 2. The molecule has 16 heavy (non-hydrogen) atoms. The van der Waals surface area contributed by atoms with Crippen molar-refractivity contribution in [2.45, 2.75) is 26.3 Å². The largest absolute Gasteiger partial charge is 0.305 e. The second kappa shape index (κ2) is 5.23. The Balaban J connectivity index is 2.21. The molecule has 0 spiro atoms. The lowest BCUT2D eigenvalue weighted by Gasteiger charge is -2.14. The van der Waals surface area contributed by atoms with Gasteiger partial charge in [0.1, 0.15) is 5.69 Å². The monoisotopic (exact) mass is 236 g/mol. The second-order valence-electron chi connectivity index (χ2n) is 3.77. The highest BCUT2D eigenvalue weighted by atomic mass is 32.1. The standard InChI is InChI=1S/C11H16N4S/c1-3-4-12-11(10-6-13-15-14-10)9-5-8(2)16-7-9/h5-7,11-12H,3-4H2,1-2H3,(H,13,14,15). The van der Waals surface area contributed by atoms with E-state index >= 15 is 0 Å². The molecular weight excluding hydrogens is 220 g/mol. The SMILES string of the molecule is CCCNC(c1csc(C)c1)c1cn[nH]n1. The van der Waals surface area contributed by atoms with Gasteiger partial charge < -0.3 is 5.32 Å². The van der Waals surface area contributed by atoms with E-state index in [2.05, 4.69) is 46.0 Å². The summed E-state index contributed by atoms with van der Waals surface area (Å²) in [4.78, 5) is 1.32. The van der Waals surface area contributed by atoms with Crippen LogP contribution >= 0.6 is 11.3 Å². The Morgan fingerprint density at radius 2 is 2.44 bits per heavy atom. The zero-order chi connectivity index (χ0) is 11.4. The third kappa shape index (κ3) is 2.48. The van der Waals surface area contributed by atoms with Gasteiger partial charge in [-0.3, -0.25) is 0 Å². The van der Waals surface area contributed by atoms with Crippen LogP contribution in [0.3, 0.4) is 0 Å². The lowest BCUT2D eigenvalue weighted by atomic mass is 10.1. The number of hydrogen-bond donors (Lipinski definition) is 2. The van der Waals surface area contributed by atoms with Crippen LogP contribution < -0.4 is 5.32 Å². The third-order valence-electron chi connectivity index (χ3n) is 2.41. The van der Waals surface area contributed by atoms with Crippen LogP contribution in [-0.4, -0.2) is 22.0 Å². The number of aryl methyl sites for hydroxylation is 1. The maximum Gasteiger partial charge on any atom is 0.104 e. The first-order valence-electron chi connectivity index (χ1n) is 5.45. The van der Waals surface area contributed by atoms with Crippen LogP contribution in [0.1, 0.15) is 35.5 Å². The van der Waals surface area contributed by atoms with E-state index in [0.29, 0.717) is 0 Å². The van der Waals surface area contributed by atoms with Crippen molar-refractivity contribution in [1.82, 2.24) is 20.7 Å². The minimum atomic E-state index is 0.156. The van der Waals surface area contributed by atoms with E-state index in [9.17, 15) is 0 Å². The predicted octanol–water partition coefficient (Wildman–Crippen LogP) is 2.26. The molecule has 2 N–H and O–H groups in total. The molecule has 2 aromatic heterocycles. The molecule has 0 saturated carbocycles. The third-order valence-corrected chi connectivity index (χ3v) is 3.29. The Morgan fingerprint density at radius 3 is 3.00 bits per heavy atom. The Labute approximate surface area is 99.1 Å². The average Bonchev–Trinajstić information content (AvgIpc) is 2.91. The maximum absolute atomic E-state index is 4.16. The van der Waals surface area contributed by atoms with E-state index in [0.717, 1.165) is 18.7 Å². The Hall–Kier alpha value is -1.20. The van der Waals surface area contributed by atoms with Gasteiger partial charge in [-0.05, 0) is 36.9 Å². The van der Waals surface area contributed by atoms with Crippen LogP contribution in [0.15, 0.2) is 17.6 Å². The first kappa shape index (κ1) is 11.3. The van der Waals surface area contributed by atoms with Gasteiger partial charge in [0.2, 0.25) is 0 Å². The molecule has 0 saturated heterocycles. The number of thiophene rings is 1. The molecule has 0 aromatic carbocycles. The van der Waals surface area contributed by atoms with Gasteiger partial charge in [0.05, 0.1) is 12.2 Å². The van der Waals surface area contributed by atoms with Crippen molar-refractivity contribution in [3.8, 4) is 0 Å². The van der Waals surface area contributed by atoms with Gasteiger partial charge in [-0.2, -0.15) is 15.4 Å². The minimum absolute atomic E-state index is 0.156. The zero-order valence-corrected chi connectivity index (χ0v) is 10.3. The van der Waals surface area contributed by atoms with Crippen molar-refractivity contribution in [1.29, 1.82) is 0 Å². The van der Waals surface area contributed by atoms with Gasteiger partial charge in [-0.25, -0.2) is 0 Å². The molecule has 0 aliphatic heterocycles. The normalized spacial score (nSPS) is 12.9. The number of aromatic amines is 1. The van der Waals surface area contributed by atoms with Crippen LogP contribution in [0, 0.1) is 6.92 Å². The highest BCUT2D eigenvalue weighted by molar-refractivity contribution is 7.10. The van der Waals surface area contributed by atoms with E-state index in [1.54, 1.807) is 17.5 Å². The van der Waals surface area contributed by atoms with Crippen LogP contribution in [0.2, 0.25) is 0 Å². The van der Waals surface area contributed by atoms with Crippen molar-refractivity contribution >= 4 is 11.3 Å². The summed E-state index contributed by atoms with van der Waals surface area (Å²) in [5, 5.41) is 16.4.